The highest BCUT2D eigenvalue weighted by molar-refractivity contribution is 6.83. The molecule has 0 aromatic heterocycles. The van der Waals surface area contributed by atoms with Gasteiger partial charge in [0.1, 0.15) is 26.5 Å². The molecule has 0 saturated heterocycles. The van der Waals surface area contributed by atoms with Crippen molar-refractivity contribution in [3.05, 3.63) is 35.4 Å². The van der Waals surface area contributed by atoms with Crippen LogP contribution in [0.5, 0.6) is 0 Å². The van der Waals surface area contributed by atoms with Crippen molar-refractivity contribution >= 4 is 34.1 Å². The van der Waals surface area contributed by atoms with Gasteiger partial charge in [-0.05, 0) is 6.92 Å². The zero-order valence-corrected chi connectivity index (χ0v) is 14.6. The number of nitrogens with zero attached hydrogens (tertiary/aromatic N) is 3. The van der Waals surface area contributed by atoms with Gasteiger partial charge in [0, 0.05) is 18.2 Å². The zero-order chi connectivity index (χ0) is 17.9. The van der Waals surface area contributed by atoms with Crippen LogP contribution in [0.25, 0.3) is 0 Å². The Morgan fingerprint density at radius 1 is 1.17 bits per heavy atom. The van der Waals surface area contributed by atoms with Gasteiger partial charge >= 0.3 is 0 Å². The number of nitrogens with one attached hydrogen (secondary N) is 1. The fourth-order valence-electron chi connectivity index (χ4n) is 1.70. The summed E-state index contributed by atoms with van der Waals surface area (Å²) < 4.78 is 0. The minimum atomic E-state index is -0.381. The van der Waals surface area contributed by atoms with Crippen LogP contribution in [0.4, 0.5) is 0 Å². The fraction of sp³-hybridized carbons (Fsp3) is 0.333. The quantitative estimate of drug-likeness (QED) is 0.569. The van der Waals surface area contributed by atoms with Crippen LogP contribution in [0.3, 0.4) is 0 Å². The van der Waals surface area contributed by atoms with Crippen molar-refractivity contribution in [1.29, 1.82) is 0 Å². The Morgan fingerprint density at radius 3 is 2.46 bits per heavy atom. The molecule has 1 N–H and O–H groups in total. The molecule has 130 valence electrons. The summed E-state index contributed by atoms with van der Waals surface area (Å²) >= 11 is 5.91. The van der Waals surface area contributed by atoms with Crippen molar-refractivity contribution in [3.63, 3.8) is 0 Å². The third-order valence-electron chi connectivity index (χ3n) is 2.79. The maximum atomic E-state index is 12.0. The highest BCUT2D eigenvalue weighted by Gasteiger charge is 2.17. The Labute approximate surface area is 145 Å². The fourth-order valence-corrected chi connectivity index (χ4v) is 1.78. The number of amides is 1. The molecule has 9 heteroatoms. The average molecular weight is 355 g/mol. The summed E-state index contributed by atoms with van der Waals surface area (Å²) in [6.45, 7) is 1.70. The predicted molar refractivity (Wildman–Crippen MR) is 92.2 cm³/mol. The van der Waals surface area contributed by atoms with E-state index in [1.807, 2.05) is 0 Å². The van der Waals surface area contributed by atoms with Crippen molar-refractivity contribution in [2.75, 3.05) is 21.3 Å². The second kappa shape index (κ2) is 10.2. The minimum absolute atomic E-state index is 0.0615. The molecule has 0 aliphatic heterocycles. The van der Waals surface area contributed by atoms with Crippen molar-refractivity contribution < 1.29 is 19.3 Å². The molecule has 24 heavy (non-hydrogen) atoms. The lowest BCUT2D eigenvalue weighted by atomic mass is 10.0. The SMILES string of the molecule is CNC(=O)/C(=N/OC)c1ccccc1CO/N=C(Cl)/C(C)=N/OC. The summed E-state index contributed by atoms with van der Waals surface area (Å²) in [5.41, 5.74) is 1.75. The third-order valence-corrected chi connectivity index (χ3v) is 3.13. The van der Waals surface area contributed by atoms with Crippen LogP contribution >= 0.6 is 11.6 Å². The first-order valence-electron chi connectivity index (χ1n) is 6.90. The van der Waals surface area contributed by atoms with Crippen LogP contribution in [0.2, 0.25) is 0 Å². The Hall–Kier alpha value is -2.61. The lowest BCUT2D eigenvalue weighted by Crippen LogP contribution is -2.29. The van der Waals surface area contributed by atoms with E-state index in [9.17, 15) is 4.79 Å². The molecule has 0 aliphatic carbocycles. The van der Waals surface area contributed by atoms with Gasteiger partial charge in [-0.25, -0.2) is 0 Å². The molecule has 0 unspecified atom stereocenters. The van der Waals surface area contributed by atoms with Gasteiger partial charge in [0.15, 0.2) is 10.9 Å². The monoisotopic (exact) mass is 354 g/mol. The van der Waals surface area contributed by atoms with Gasteiger partial charge < -0.3 is 19.8 Å². The molecule has 1 amide bonds. The molecule has 0 fully saturated rings. The van der Waals surface area contributed by atoms with Gasteiger partial charge in [0.05, 0.1) is 0 Å². The first-order valence-corrected chi connectivity index (χ1v) is 7.28. The average Bonchev–Trinajstić information content (AvgIpc) is 2.59. The third kappa shape index (κ3) is 5.54. The standard InChI is InChI=1S/C15H19ClN4O4/c1-10(18-22-3)14(16)20-24-9-11-7-5-6-8-12(11)13(19-23-4)15(21)17-2/h5-8H,9H2,1-4H3,(H,17,21)/b18-10+,19-13+,20-14-. The Morgan fingerprint density at radius 2 is 1.83 bits per heavy atom. The number of oxime groups is 3. The van der Waals surface area contributed by atoms with Crippen LogP contribution in [-0.4, -0.2) is 43.8 Å². The Balaban J connectivity index is 2.99. The molecule has 0 spiro atoms. The molecular formula is C15H19ClN4O4. The Kier molecular flexibility index (Phi) is 8.28. The number of hydrogen-bond acceptors (Lipinski definition) is 7. The topological polar surface area (TPSA) is 93.9 Å². The molecule has 0 saturated carbocycles. The number of likely N-dealkylation sites (N-methyl/N-ethyl adjacent to an activating group) is 1. The van der Waals surface area contributed by atoms with Gasteiger partial charge in [-0.3, -0.25) is 4.79 Å². The second-order valence-corrected chi connectivity index (χ2v) is 4.73. The molecule has 0 radical (unpaired) electrons. The number of carbonyl (C=O) groups excluding carboxylic acids is 1. The normalized spacial score (nSPS) is 12.6. The predicted octanol–water partition coefficient (Wildman–Crippen LogP) is 1.87. The molecule has 1 rings (SSSR count). The van der Waals surface area contributed by atoms with E-state index in [0.717, 1.165) is 0 Å². The lowest BCUT2D eigenvalue weighted by Gasteiger charge is -2.10. The molecule has 8 nitrogen and oxygen atoms in total. The van der Waals surface area contributed by atoms with Crippen molar-refractivity contribution in [1.82, 2.24) is 5.32 Å². The van der Waals surface area contributed by atoms with Crippen LogP contribution in [0.15, 0.2) is 39.7 Å². The summed E-state index contributed by atoms with van der Waals surface area (Å²) in [5.74, 6) is -0.381. The lowest BCUT2D eigenvalue weighted by molar-refractivity contribution is -0.114. The van der Waals surface area contributed by atoms with E-state index in [1.165, 1.54) is 21.3 Å². The minimum Gasteiger partial charge on any atom is -0.399 e. The van der Waals surface area contributed by atoms with E-state index in [4.69, 9.17) is 21.3 Å². The summed E-state index contributed by atoms with van der Waals surface area (Å²) in [6.07, 6.45) is 0. The largest absolute Gasteiger partial charge is 0.399 e. The molecule has 1 aromatic rings. The van der Waals surface area contributed by atoms with Crippen LogP contribution < -0.4 is 5.32 Å². The molecule has 0 atom stereocenters. The van der Waals surface area contributed by atoms with E-state index in [-0.39, 0.29) is 23.4 Å². The van der Waals surface area contributed by atoms with Crippen molar-refractivity contribution in [2.24, 2.45) is 15.5 Å². The van der Waals surface area contributed by atoms with E-state index < -0.39 is 0 Å². The maximum Gasteiger partial charge on any atom is 0.273 e. The first kappa shape index (κ1) is 19.4. The number of carbonyl (C=O) groups is 1. The molecule has 0 bridgehead atoms. The summed E-state index contributed by atoms with van der Waals surface area (Å²) in [5, 5.41) is 13.7. The van der Waals surface area contributed by atoms with Crippen LogP contribution in [0, 0.1) is 0 Å². The number of halogens is 1. The second-order valence-electron chi connectivity index (χ2n) is 4.37. The summed E-state index contributed by atoms with van der Waals surface area (Å²) in [7, 11) is 4.28. The Bertz CT molecular complexity index is 659. The van der Waals surface area contributed by atoms with E-state index in [1.54, 1.807) is 31.2 Å². The smallest absolute Gasteiger partial charge is 0.273 e. The van der Waals surface area contributed by atoms with Crippen LogP contribution in [0.1, 0.15) is 18.1 Å². The molecule has 0 heterocycles. The zero-order valence-electron chi connectivity index (χ0n) is 13.9. The summed E-state index contributed by atoms with van der Waals surface area (Å²) in [6, 6.07) is 7.09. The van der Waals surface area contributed by atoms with E-state index in [2.05, 4.69) is 25.6 Å². The van der Waals surface area contributed by atoms with Crippen molar-refractivity contribution in [2.45, 2.75) is 13.5 Å². The highest BCUT2D eigenvalue weighted by atomic mass is 35.5. The summed E-state index contributed by atoms with van der Waals surface area (Å²) in [4.78, 5) is 26.5. The van der Waals surface area contributed by atoms with Crippen LogP contribution in [-0.2, 0) is 25.9 Å². The first-order chi connectivity index (χ1) is 11.5. The van der Waals surface area contributed by atoms with Gasteiger partial charge in [0.2, 0.25) is 0 Å². The number of hydrogen-bond donors (Lipinski definition) is 1. The van der Waals surface area contributed by atoms with E-state index >= 15 is 0 Å². The van der Waals surface area contributed by atoms with Gasteiger partial charge in [-0.1, -0.05) is 51.3 Å². The highest BCUT2D eigenvalue weighted by Crippen LogP contribution is 2.13. The number of rotatable bonds is 8. The molecule has 1 aromatic carbocycles. The van der Waals surface area contributed by atoms with E-state index in [0.29, 0.717) is 16.8 Å². The van der Waals surface area contributed by atoms with Crippen molar-refractivity contribution in [3.8, 4) is 0 Å². The van der Waals surface area contributed by atoms with Gasteiger partial charge in [-0.2, -0.15) is 0 Å². The van der Waals surface area contributed by atoms with Gasteiger partial charge in [0.25, 0.3) is 5.91 Å². The molecule has 0 aliphatic rings. The number of benzene rings is 1. The molecular weight excluding hydrogens is 336 g/mol. The van der Waals surface area contributed by atoms with Gasteiger partial charge in [-0.15, -0.1) is 0 Å². The maximum absolute atomic E-state index is 12.0.